The summed E-state index contributed by atoms with van der Waals surface area (Å²) in [6.45, 7) is 0. The highest BCUT2D eigenvalue weighted by atomic mass is 32.2. The van der Waals surface area contributed by atoms with Crippen molar-refractivity contribution in [3.8, 4) is 0 Å². The van der Waals surface area contributed by atoms with Crippen molar-refractivity contribution in [2.75, 3.05) is 0 Å². The van der Waals surface area contributed by atoms with Crippen molar-refractivity contribution in [3.05, 3.63) is 42.2 Å². The van der Waals surface area contributed by atoms with Crippen LogP contribution >= 0.6 is 0 Å². The Labute approximate surface area is 99.9 Å². The molecule has 0 N–H and O–H groups in total. The molecule has 0 bridgehead atoms. The fourth-order valence-corrected chi connectivity index (χ4v) is 2.72. The van der Waals surface area contributed by atoms with E-state index < -0.39 is 31.5 Å². The highest BCUT2D eigenvalue weighted by Gasteiger charge is 2.37. The van der Waals surface area contributed by atoms with Crippen molar-refractivity contribution in [2.45, 2.75) is 16.1 Å². The lowest BCUT2D eigenvalue weighted by Gasteiger charge is -2.11. The first-order valence-electron chi connectivity index (χ1n) is 4.65. The van der Waals surface area contributed by atoms with E-state index >= 15 is 0 Å². The first kappa shape index (κ1) is 12.6. The molecular weight excluding hydrogens is 271 g/mol. The molecular formula is C10H6F3NO3S. The average molecular weight is 277 g/mol. The molecule has 0 aliphatic rings. The van der Waals surface area contributed by atoms with E-state index in [1.807, 2.05) is 0 Å². The molecule has 96 valence electrons. The number of benzene rings is 1. The Bertz CT molecular complexity index is 647. The van der Waals surface area contributed by atoms with Crippen molar-refractivity contribution in [1.29, 1.82) is 0 Å². The predicted octanol–water partition coefficient (Wildman–Crippen LogP) is 2.53. The van der Waals surface area contributed by atoms with Crippen LogP contribution in [0.2, 0.25) is 0 Å². The summed E-state index contributed by atoms with van der Waals surface area (Å²) in [7, 11) is -4.33. The van der Waals surface area contributed by atoms with E-state index in [-0.39, 0.29) is 0 Å². The zero-order chi connectivity index (χ0) is 13.4. The molecule has 2 aromatic rings. The lowest BCUT2D eigenvalue weighted by molar-refractivity contribution is -0.139. The van der Waals surface area contributed by atoms with Gasteiger partial charge >= 0.3 is 6.18 Å². The number of nitrogens with zero attached hydrogens (tertiary/aromatic N) is 1. The zero-order valence-corrected chi connectivity index (χ0v) is 9.49. The SMILES string of the molecule is O=S(=O)(c1ccon1)c1ccccc1C(F)(F)F. The minimum Gasteiger partial charge on any atom is -0.363 e. The van der Waals surface area contributed by atoms with Crippen molar-refractivity contribution in [2.24, 2.45) is 0 Å². The topological polar surface area (TPSA) is 60.2 Å². The Morgan fingerprint density at radius 1 is 1.11 bits per heavy atom. The third kappa shape index (κ3) is 2.10. The third-order valence-electron chi connectivity index (χ3n) is 2.17. The number of sulfone groups is 1. The van der Waals surface area contributed by atoms with Gasteiger partial charge in [-0.25, -0.2) is 8.42 Å². The molecule has 0 unspecified atom stereocenters. The summed E-state index contributed by atoms with van der Waals surface area (Å²) in [5, 5.41) is 2.60. The number of halogens is 3. The van der Waals surface area contributed by atoms with Gasteiger partial charge in [-0.3, -0.25) is 0 Å². The molecule has 0 saturated carbocycles. The highest BCUT2D eigenvalue weighted by molar-refractivity contribution is 7.91. The molecule has 18 heavy (non-hydrogen) atoms. The van der Waals surface area contributed by atoms with E-state index in [0.29, 0.717) is 6.07 Å². The van der Waals surface area contributed by atoms with E-state index in [9.17, 15) is 21.6 Å². The summed E-state index contributed by atoms with van der Waals surface area (Å²) in [6, 6.07) is 4.90. The van der Waals surface area contributed by atoms with Crippen LogP contribution in [0.1, 0.15) is 5.56 Å². The molecule has 1 aromatic carbocycles. The molecule has 0 aliphatic heterocycles. The van der Waals surface area contributed by atoms with E-state index in [4.69, 9.17) is 0 Å². The van der Waals surface area contributed by atoms with Crippen molar-refractivity contribution in [3.63, 3.8) is 0 Å². The standard InChI is InChI=1S/C10H6F3NO3S/c11-10(12,13)7-3-1-2-4-8(7)18(15,16)9-5-6-17-14-9/h1-6H. The second kappa shape index (κ2) is 4.13. The van der Waals surface area contributed by atoms with Crippen LogP contribution in [0.25, 0.3) is 0 Å². The van der Waals surface area contributed by atoms with E-state index in [0.717, 1.165) is 24.5 Å². The fourth-order valence-electron chi connectivity index (χ4n) is 1.39. The molecule has 4 nitrogen and oxygen atoms in total. The van der Waals surface area contributed by atoms with Crippen LogP contribution in [0.15, 0.2) is 51.0 Å². The quantitative estimate of drug-likeness (QED) is 0.846. The molecule has 0 saturated heterocycles. The number of hydrogen-bond donors (Lipinski definition) is 0. The van der Waals surface area contributed by atoms with Gasteiger partial charge in [-0.15, -0.1) is 0 Å². The van der Waals surface area contributed by atoms with Crippen LogP contribution < -0.4 is 0 Å². The molecule has 0 spiro atoms. The van der Waals surface area contributed by atoms with Gasteiger partial charge in [0.15, 0.2) is 0 Å². The van der Waals surface area contributed by atoms with Gasteiger partial charge in [0.25, 0.3) is 0 Å². The van der Waals surface area contributed by atoms with Crippen molar-refractivity contribution < 1.29 is 26.1 Å². The van der Waals surface area contributed by atoms with Crippen LogP contribution in [0.3, 0.4) is 0 Å². The molecule has 0 amide bonds. The molecule has 1 heterocycles. The van der Waals surface area contributed by atoms with Gasteiger partial charge in [0.1, 0.15) is 6.26 Å². The van der Waals surface area contributed by atoms with Crippen LogP contribution in [0.4, 0.5) is 13.2 Å². The smallest absolute Gasteiger partial charge is 0.363 e. The van der Waals surface area contributed by atoms with Crippen molar-refractivity contribution in [1.82, 2.24) is 5.16 Å². The average Bonchev–Trinajstić information content (AvgIpc) is 2.82. The van der Waals surface area contributed by atoms with Gasteiger partial charge in [0.2, 0.25) is 14.9 Å². The van der Waals surface area contributed by atoms with E-state index in [1.54, 1.807) is 0 Å². The van der Waals surface area contributed by atoms with Gasteiger partial charge in [0.05, 0.1) is 10.5 Å². The number of rotatable bonds is 2. The van der Waals surface area contributed by atoms with Gasteiger partial charge in [-0.05, 0) is 12.1 Å². The first-order chi connectivity index (χ1) is 8.33. The molecule has 0 aliphatic carbocycles. The Morgan fingerprint density at radius 3 is 2.33 bits per heavy atom. The minimum atomic E-state index is -4.76. The predicted molar refractivity (Wildman–Crippen MR) is 53.4 cm³/mol. The normalized spacial score (nSPS) is 12.6. The number of aromatic nitrogens is 1. The second-order valence-corrected chi connectivity index (χ2v) is 5.20. The van der Waals surface area contributed by atoms with Crippen LogP contribution in [-0.4, -0.2) is 13.6 Å². The molecule has 1 aromatic heterocycles. The van der Waals surface area contributed by atoms with Crippen LogP contribution in [0, 0.1) is 0 Å². The van der Waals surface area contributed by atoms with E-state index in [1.165, 1.54) is 6.07 Å². The third-order valence-corrected chi connectivity index (χ3v) is 3.87. The van der Waals surface area contributed by atoms with E-state index in [2.05, 4.69) is 9.68 Å². The Hall–Kier alpha value is -1.83. The van der Waals surface area contributed by atoms with Gasteiger partial charge in [-0.1, -0.05) is 17.3 Å². The van der Waals surface area contributed by atoms with Gasteiger partial charge in [0, 0.05) is 6.07 Å². The first-order valence-corrected chi connectivity index (χ1v) is 6.13. The van der Waals surface area contributed by atoms with Crippen molar-refractivity contribution >= 4 is 9.84 Å². The largest absolute Gasteiger partial charge is 0.417 e. The van der Waals surface area contributed by atoms with Crippen LogP contribution in [-0.2, 0) is 16.0 Å². The summed E-state index contributed by atoms with van der Waals surface area (Å²) >= 11 is 0. The fraction of sp³-hybridized carbons (Fsp3) is 0.100. The lowest BCUT2D eigenvalue weighted by Crippen LogP contribution is -2.13. The maximum absolute atomic E-state index is 12.7. The zero-order valence-electron chi connectivity index (χ0n) is 8.68. The Morgan fingerprint density at radius 2 is 1.78 bits per heavy atom. The monoisotopic (exact) mass is 277 g/mol. The summed E-state index contributed by atoms with van der Waals surface area (Å²) < 4.78 is 66.4. The van der Waals surface area contributed by atoms with Crippen LogP contribution in [0.5, 0.6) is 0 Å². The molecule has 0 fully saturated rings. The second-order valence-electron chi connectivity index (χ2n) is 3.34. The summed E-state index contributed by atoms with van der Waals surface area (Å²) in [5.74, 6) is 0. The van der Waals surface area contributed by atoms with Gasteiger partial charge in [-0.2, -0.15) is 13.2 Å². The Kier molecular flexibility index (Phi) is 2.89. The summed E-state index contributed by atoms with van der Waals surface area (Å²) in [5.41, 5.74) is -1.23. The minimum absolute atomic E-state index is 0.556. The molecule has 2 rings (SSSR count). The Balaban J connectivity index is 2.67. The van der Waals surface area contributed by atoms with Gasteiger partial charge < -0.3 is 4.52 Å². The number of hydrogen-bond acceptors (Lipinski definition) is 4. The maximum Gasteiger partial charge on any atom is 0.417 e. The molecule has 8 heteroatoms. The molecule has 0 atom stereocenters. The lowest BCUT2D eigenvalue weighted by atomic mass is 10.2. The highest BCUT2D eigenvalue weighted by Crippen LogP contribution is 2.35. The molecule has 0 radical (unpaired) electrons. The summed E-state index contributed by atoms with van der Waals surface area (Å²) in [4.78, 5) is -0.841. The summed E-state index contributed by atoms with van der Waals surface area (Å²) in [6.07, 6.45) is -3.78. The maximum atomic E-state index is 12.7. The number of alkyl halides is 3.